The van der Waals surface area contributed by atoms with Gasteiger partial charge in [0.1, 0.15) is 0 Å². The summed E-state index contributed by atoms with van der Waals surface area (Å²) < 4.78 is 0. The first-order valence-corrected chi connectivity index (χ1v) is 8.15. The molecule has 2 fully saturated rings. The molecule has 1 aliphatic carbocycles. The second kappa shape index (κ2) is 6.04. The van der Waals surface area contributed by atoms with Gasteiger partial charge in [-0.2, -0.15) is 0 Å². The molecule has 0 atom stereocenters. The molecule has 1 aromatic heterocycles. The summed E-state index contributed by atoms with van der Waals surface area (Å²) in [6.45, 7) is 1.80. The van der Waals surface area contributed by atoms with Crippen LogP contribution in [-0.2, 0) is 0 Å². The van der Waals surface area contributed by atoms with E-state index >= 15 is 0 Å². The maximum absolute atomic E-state index is 12.7. The van der Waals surface area contributed by atoms with Gasteiger partial charge < -0.3 is 10.2 Å². The van der Waals surface area contributed by atoms with Gasteiger partial charge in [0.15, 0.2) is 0 Å². The third-order valence-electron chi connectivity index (χ3n) is 5.35. The summed E-state index contributed by atoms with van der Waals surface area (Å²) in [5, 5.41) is 3.08. The third-order valence-corrected chi connectivity index (χ3v) is 5.35. The van der Waals surface area contributed by atoms with E-state index < -0.39 is 0 Å². The number of amides is 1. The highest BCUT2D eigenvalue weighted by Crippen LogP contribution is 2.44. The molecule has 3 rings (SSSR count). The average Bonchev–Trinajstić information content (AvgIpc) is 2.56. The first-order chi connectivity index (χ1) is 10.2. The second-order valence-electron chi connectivity index (χ2n) is 6.52. The van der Waals surface area contributed by atoms with Crippen molar-refractivity contribution in [3.05, 3.63) is 24.0 Å². The third kappa shape index (κ3) is 2.89. The van der Waals surface area contributed by atoms with Crippen molar-refractivity contribution in [2.75, 3.05) is 25.5 Å². The minimum atomic E-state index is 0.123. The summed E-state index contributed by atoms with van der Waals surface area (Å²) in [4.78, 5) is 18.8. The molecule has 0 bridgehead atoms. The van der Waals surface area contributed by atoms with Gasteiger partial charge in [-0.05, 0) is 37.2 Å². The van der Waals surface area contributed by atoms with Crippen LogP contribution in [0.15, 0.2) is 18.5 Å². The van der Waals surface area contributed by atoms with Crippen LogP contribution in [0.4, 0.5) is 5.69 Å². The van der Waals surface area contributed by atoms with Gasteiger partial charge in [0, 0.05) is 38.2 Å². The van der Waals surface area contributed by atoms with Crippen molar-refractivity contribution in [3.63, 3.8) is 0 Å². The molecule has 4 heteroatoms. The molecular formula is C17H25N3O. The fraction of sp³-hybridized carbons (Fsp3) is 0.647. The molecule has 114 valence electrons. The summed E-state index contributed by atoms with van der Waals surface area (Å²) in [6.07, 6.45) is 12.6. The molecule has 1 amide bonds. The Kier molecular flexibility index (Phi) is 4.13. The lowest BCUT2D eigenvalue weighted by atomic mass is 9.68. The first-order valence-electron chi connectivity index (χ1n) is 8.15. The number of nitrogens with one attached hydrogen (secondary N) is 1. The van der Waals surface area contributed by atoms with Gasteiger partial charge in [-0.25, -0.2) is 0 Å². The summed E-state index contributed by atoms with van der Waals surface area (Å²) in [6, 6.07) is 1.86. The maximum Gasteiger partial charge on any atom is 0.257 e. The van der Waals surface area contributed by atoms with Crippen molar-refractivity contribution in [3.8, 4) is 0 Å². The van der Waals surface area contributed by atoms with Crippen molar-refractivity contribution >= 4 is 11.6 Å². The van der Waals surface area contributed by atoms with Crippen LogP contribution in [0.5, 0.6) is 0 Å². The van der Waals surface area contributed by atoms with Crippen LogP contribution in [0, 0.1) is 5.41 Å². The average molecular weight is 287 g/mol. The number of aromatic nitrogens is 1. The largest absolute Gasteiger partial charge is 0.387 e. The standard InChI is InChI=1S/C17H25N3O/c1-18-15-5-10-19-13-14(15)16(21)20-11-8-17(9-12-20)6-3-2-4-7-17/h5,10,13H,2-4,6-9,11-12H2,1H3,(H,18,19). The van der Waals surface area contributed by atoms with Crippen LogP contribution in [-0.4, -0.2) is 35.9 Å². The number of likely N-dealkylation sites (tertiary alicyclic amines) is 1. The molecule has 1 spiro atoms. The van der Waals surface area contributed by atoms with E-state index in [1.54, 1.807) is 12.4 Å². The van der Waals surface area contributed by atoms with E-state index in [1.807, 2.05) is 18.0 Å². The molecule has 0 unspecified atom stereocenters. The lowest BCUT2D eigenvalue weighted by Gasteiger charge is -2.44. The topological polar surface area (TPSA) is 45.2 Å². The minimum Gasteiger partial charge on any atom is -0.387 e. The summed E-state index contributed by atoms with van der Waals surface area (Å²) in [5.74, 6) is 0.123. The van der Waals surface area contributed by atoms with Gasteiger partial charge in [-0.15, -0.1) is 0 Å². The fourth-order valence-electron chi connectivity index (χ4n) is 3.94. The summed E-state index contributed by atoms with van der Waals surface area (Å²) in [7, 11) is 1.85. The number of piperidine rings is 1. The van der Waals surface area contributed by atoms with E-state index in [4.69, 9.17) is 0 Å². The van der Waals surface area contributed by atoms with E-state index in [1.165, 1.54) is 44.9 Å². The van der Waals surface area contributed by atoms with Crippen LogP contribution in [0.2, 0.25) is 0 Å². The van der Waals surface area contributed by atoms with Crippen molar-refractivity contribution < 1.29 is 4.79 Å². The zero-order chi connectivity index (χ0) is 14.7. The van der Waals surface area contributed by atoms with Crippen LogP contribution in [0.3, 0.4) is 0 Å². The highest BCUT2D eigenvalue weighted by Gasteiger charge is 2.37. The number of nitrogens with zero attached hydrogens (tertiary/aromatic N) is 2. The van der Waals surface area contributed by atoms with Gasteiger partial charge in [0.25, 0.3) is 5.91 Å². The number of pyridine rings is 1. The van der Waals surface area contributed by atoms with Crippen LogP contribution in [0.25, 0.3) is 0 Å². The molecule has 0 radical (unpaired) electrons. The number of carbonyl (C=O) groups is 1. The lowest BCUT2D eigenvalue weighted by molar-refractivity contribution is 0.0472. The number of hydrogen-bond acceptors (Lipinski definition) is 3. The van der Waals surface area contributed by atoms with E-state index in [0.29, 0.717) is 11.0 Å². The van der Waals surface area contributed by atoms with Gasteiger partial charge >= 0.3 is 0 Å². The Bertz CT molecular complexity index is 499. The molecule has 21 heavy (non-hydrogen) atoms. The van der Waals surface area contributed by atoms with Crippen molar-refractivity contribution in [2.24, 2.45) is 5.41 Å². The molecule has 1 saturated heterocycles. The normalized spacial score (nSPS) is 21.3. The predicted molar refractivity (Wildman–Crippen MR) is 84.4 cm³/mol. The monoisotopic (exact) mass is 287 g/mol. The second-order valence-corrected chi connectivity index (χ2v) is 6.52. The van der Waals surface area contributed by atoms with E-state index in [0.717, 1.165) is 18.8 Å². The Balaban J connectivity index is 1.67. The Hall–Kier alpha value is -1.58. The van der Waals surface area contributed by atoms with Crippen LogP contribution in [0.1, 0.15) is 55.3 Å². The van der Waals surface area contributed by atoms with E-state index in [9.17, 15) is 4.79 Å². The van der Waals surface area contributed by atoms with Crippen LogP contribution < -0.4 is 5.32 Å². The molecular weight excluding hydrogens is 262 g/mol. The fourth-order valence-corrected chi connectivity index (χ4v) is 3.94. The van der Waals surface area contributed by atoms with E-state index in [2.05, 4.69) is 10.3 Å². The highest BCUT2D eigenvalue weighted by atomic mass is 16.2. The Morgan fingerprint density at radius 1 is 1.19 bits per heavy atom. The number of carbonyl (C=O) groups excluding carboxylic acids is 1. The molecule has 2 aliphatic rings. The lowest BCUT2D eigenvalue weighted by Crippen LogP contribution is -2.44. The molecule has 1 N–H and O–H groups in total. The Morgan fingerprint density at radius 3 is 2.57 bits per heavy atom. The molecule has 1 aromatic rings. The Labute approximate surface area is 126 Å². The first kappa shape index (κ1) is 14.4. The minimum absolute atomic E-state index is 0.123. The smallest absolute Gasteiger partial charge is 0.257 e. The molecule has 4 nitrogen and oxygen atoms in total. The van der Waals surface area contributed by atoms with Gasteiger partial charge in [0.05, 0.1) is 5.56 Å². The number of rotatable bonds is 2. The number of anilines is 1. The van der Waals surface area contributed by atoms with Crippen molar-refractivity contribution in [1.82, 2.24) is 9.88 Å². The summed E-state index contributed by atoms with van der Waals surface area (Å²) >= 11 is 0. The predicted octanol–water partition coefficient (Wildman–Crippen LogP) is 3.31. The van der Waals surface area contributed by atoms with Crippen molar-refractivity contribution in [2.45, 2.75) is 44.9 Å². The van der Waals surface area contributed by atoms with Gasteiger partial charge in [0.2, 0.25) is 0 Å². The SMILES string of the molecule is CNc1ccncc1C(=O)N1CCC2(CCCCC2)CC1. The van der Waals surface area contributed by atoms with Crippen molar-refractivity contribution in [1.29, 1.82) is 0 Å². The van der Waals surface area contributed by atoms with E-state index in [-0.39, 0.29) is 5.91 Å². The highest BCUT2D eigenvalue weighted by molar-refractivity contribution is 5.99. The van der Waals surface area contributed by atoms with Crippen LogP contribution >= 0.6 is 0 Å². The summed E-state index contributed by atoms with van der Waals surface area (Å²) in [5.41, 5.74) is 2.10. The molecule has 1 saturated carbocycles. The zero-order valence-electron chi connectivity index (χ0n) is 12.9. The number of hydrogen-bond donors (Lipinski definition) is 1. The Morgan fingerprint density at radius 2 is 1.90 bits per heavy atom. The zero-order valence-corrected chi connectivity index (χ0v) is 12.9. The molecule has 2 heterocycles. The molecule has 0 aromatic carbocycles. The van der Waals surface area contributed by atoms with Gasteiger partial charge in [-0.1, -0.05) is 19.3 Å². The van der Waals surface area contributed by atoms with Gasteiger partial charge in [-0.3, -0.25) is 9.78 Å². The quantitative estimate of drug-likeness (QED) is 0.907. The maximum atomic E-state index is 12.7. The molecule has 1 aliphatic heterocycles.